The highest BCUT2D eigenvalue weighted by Gasteiger charge is 2.40. The summed E-state index contributed by atoms with van der Waals surface area (Å²) >= 11 is 0. The fourth-order valence-electron chi connectivity index (χ4n) is 3.09. The molecule has 1 atom stereocenters. The van der Waals surface area contributed by atoms with E-state index in [9.17, 15) is 4.79 Å². The van der Waals surface area contributed by atoms with Crippen LogP contribution in [0.4, 0.5) is 5.69 Å². The zero-order valence-electron chi connectivity index (χ0n) is 12.3. The monoisotopic (exact) mass is 289 g/mol. The molecule has 1 aromatic carbocycles. The van der Waals surface area contributed by atoms with Crippen molar-refractivity contribution < 1.29 is 9.53 Å². The molecule has 2 aliphatic heterocycles. The van der Waals surface area contributed by atoms with E-state index >= 15 is 0 Å². The van der Waals surface area contributed by atoms with Gasteiger partial charge in [0.1, 0.15) is 0 Å². The summed E-state index contributed by atoms with van der Waals surface area (Å²) in [4.78, 5) is 14.3. The topological polar surface area (TPSA) is 53.6 Å². The van der Waals surface area contributed by atoms with Crippen LogP contribution in [0.2, 0.25) is 0 Å². The largest absolute Gasteiger partial charge is 0.371 e. The van der Waals surface area contributed by atoms with Gasteiger partial charge in [0.25, 0.3) is 0 Å². The van der Waals surface area contributed by atoms with Gasteiger partial charge in [-0.25, -0.2) is 0 Å². The molecule has 0 saturated carbocycles. The van der Waals surface area contributed by atoms with E-state index < -0.39 is 0 Å². The molecule has 2 aliphatic rings. The van der Waals surface area contributed by atoms with Crippen LogP contribution in [0.25, 0.3) is 0 Å². The van der Waals surface area contributed by atoms with Crippen molar-refractivity contribution in [2.24, 2.45) is 0 Å². The van der Waals surface area contributed by atoms with Crippen molar-refractivity contribution in [3.8, 4) is 0 Å². The minimum atomic E-state index is -0.0197. The lowest BCUT2D eigenvalue weighted by Gasteiger charge is -2.34. The van der Waals surface area contributed by atoms with Crippen molar-refractivity contribution in [1.82, 2.24) is 10.2 Å². The second-order valence-corrected chi connectivity index (χ2v) is 5.90. The molecule has 1 aromatic rings. The third-order valence-corrected chi connectivity index (χ3v) is 4.24. The summed E-state index contributed by atoms with van der Waals surface area (Å²) in [5.74, 6) is 0.0739. The Bertz CT molecular complexity index is 472. The van der Waals surface area contributed by atoms with Gasteiger partial charge >= 0.3 is 0 Å². The third kappa shape index (κ3) is 3.81. The number of nitrogens with zero attached hydrogens (tertiary/aromatic N) is 1. The average molecular weight is 289 g/mol. The van der Waals surface area contributed by atoms with Crippen molar-refractivity contribution in [3.05, 3.63) is 30.3 Å². The lowest BCUT2D eigenvalue weighted by molar-refractivity contribution is -0.116. The molecule has 0 aliphatic carbocycles. The summed E-state index contributed by atoms with van der Waals surface area (Å²) in [6.07, 6.45) is 1.58. The van der Waals surface area contributed by atoms with Gasteiger partial charge in [0, 0.05) is 44.8 Å². The fourth-order valence-corrected chi connectivity index (χ4v) is 3.09. The third-order valence-electron chi connectivity index (χ3n) is 4.24. The molecule has 1 unspecified atom stereocenters. The van der Waals surface area contributed by atoms with E-state index in [-0.39, 0.29) is 11.5 Å². The number of amides is 1. The Hall–Kier alpha value is -1.43. The number of para-hydroxylation sites is 1. The number of hydrogen-bond donors (Lipinski definition) is 2. The van der Waals surface area contributed by atoms with Gasteiger partial charge in [-0.3, -0.25) is 9.69 Å². The van der Waals surface area contributed by atoms with Crippen molar-refractivity contribution in [2.75, 3.05) is 44.6 Å². The van der Waals surface area contributed by atoms with Crippen LogP contribution in [0.5, 0.6) is 0 Å². The van der Waals surface area contributed by atoms with Crippen LogP contribution < -0.4 is 10.6 Å². The van der Waals surface area contributed by atoms with E-state index in [1.165, 1.54) is 0 Å². The first-order valence-corrected chi connectivity index (χ1v) is 7.68. The van der Waals surface area contributed by atoms with Gasteiger partial charge < -0.3 is 15.4 Å². The lowest BCUT2D eigenvalue weighted by atomic mass is 10.0. The number of morpholine rings is 1. The Morgan fingerprint density at radius 3 is 3.00 bits per heavy atom. The Balaban J connectivity index is 1.42. The number of anilines is 1. The number of benzene rings is 1. The van der Waals surface area contributed by atoms with Crippen molar-refractivity contribution in [2.45, 2.75) is 18.4 Å². The number of carbonyl (C=O) groups excluding carboxylic acids is 1. The quantitative estimate of drug-likeness (QED) is 0.871. The summed E-state index contributed by atoms with van der Waals surface area (Å²) in [7, 11) is 0. The Labute approximate surface area is 125 Å². The van der Waals surface area contributed by atoms with Gasteiger partial charge in [0.05, 0.1) is 12.2 Å². The van der Waals surface area contributed by atoms with Crippen LogP contribution in [-0.2, 0) is 9.53 Å². The van der Waals surface area contributed by atoms with Crippen molar-refractivity contribution >= 4 is 11.6 Å². The molecule has 2 saturated heterocycles. The fraction of sp³-hybridized carbons (Fsp3) is 0.562. The molecule has 2 heterocycles. The Kier molecular flexibility index (Phi) is 4.53. The molecule has 21 heavy (non-hydrogen) atoms. The zero-order valence-corrected chi connectivity index (χ0v) is 12.3. The summed E-state index contributed by atoms with van der Waals surface area (Å²) in [6, 6.07) is 9.60. The normalized spacial score (nSPS) is 26.1. The molecule has 3 rings (SSSR count). The van der Waals surface area contributed by atoms with Gasteiger partial charge in [-0.15, -0.1) is 0 Å². The van der Waals surface area contributed by atoms with Gasteiger partial charge in [-0.05, 0) is 18.6 Å². The van der Waals surface area contributed by atoms with Crippen LogP contribution in [-0.4, -0.2) is 55.7 Å². The molecular weight excluding hydrogens is 266 g/mol. The lowest BCUT2D eigenvalue weighted by Crippen LogP contribution is -2.51. The SMILES string of the molecule is O=C(CCN1CCC2(CNCCO2)C1)Nc1ccccc1. The van der Waals surface area contributed by atoms with Crippen LogP contribution in [0.1, 0.15) is 12.8 Å². The molecule has 2 N–H and O–H groups in total. The standard InChI is InChI=1S/C16H23N3O2/c20-15(18-14-4-2-1-3-5-14)6-9-19-10-7-16(13-19)12-17-8-11-21-16/h1-5,17H,6-13H2,(H,18,20). The van der Waals surface area contributed by atoms with E-state index in [4.69, 9.17) is 4.74 Å². The maximum Gasteiger partial charge on any atom is 0.225 e. The molecule has 1 spiro atoms. The number of rotatable bonds is 4. The van der Waals surface area contributed by atoms with Gasteiger partial charge in [0.2, 0.25) is 5.91 Å². The van der Waals surface area contributed by atoms with Gasteiger partial charge in [-0.2, -0.15) is 0 Å². The summed E-state index contributed by atoms with van der Waals surface area (Å²) in [5.41, 5.74) is 0.842. The second kappa shape index (κ2) is 6.56. The van der Waals surface area contributed by atoms with Gasteiger partial charge in [0.15, 0.2) is 0 Å². The zero-order chi connectivity index (χ0) is 14.5. The summed E-state index contributed by atoms with van der Waals surface area (Å²) in [6.45, 7) is 5.41. The van der Waals surface area contributed by atoms with Crippen LogP contribution in [0.15, 0.2) is 30.3 Å². The van der Waals surface area contributed by atoms with E-state index in [1.54, 1.807) is 0 Å². The smallest absolute Gasteiger partial charge is 0.225 e. The number of hydrogen-bond acceptors (Lipinski definition) is 4. The molecule has 0 radical (unpaired) electrons. The molecular formula is C16H23N3O2. The molecule has 114 valence electrons. The minimum absolute atomic E-state index is 0.0197. The molecule has 5 nitrogen and oxygen atoms in total. The maximum absolute atomic E-state index is 12.0. The number of carbonyl (C=O) groups is 1. The highest BCUT2D eigenvalue weighted by molar-refractivity contribution is 5.90. The number of nitrogens with one attached hydrogen (secondary N) is 2. The number of ether oxygens (including phenoxy) is 1. The minimum Gasteiger partial charge on any atom is -0.371 e. The van der Waals surface area contributed by atoms with E-state index in [0.717, 1.165) is 51.4 Å². The predicted molar refractivity (Wildman–Crippen MR) is 82.3 cm³/mol. The van der Waals surface area contributed by atoms with Crippen LogP contribution in [0, 0.1) is 0 Å². The van der Waals surface area contributed by atoms with Crippen LogP contribution >= 0.6 is 0 Å². The van der Waals surface area contributed by atoms with Gasteiger partial charge in [-0.1, -0.05) is 18.2 Å². The first-order chi connectivity index (χ1) is 10.3. The molecule has 0 bridgehead atoms. The van der Waals surface area contributed by atoms with E-state index in [2.05, 4.69) is 15.5 Å². The number of likely N-dealkylation sites (tertiary alicyclic amines) is 1. The van der Waals surface area contributed by atoms with E-state index in [0.29, 0.717) is 6.42 Å². The Morgan fingerprint density at radius 1 is 1.38 bits per heavy atom. The highest BCUT2D eigenvalue weighted by atomic mass is 16.5. The first kappa shape index (κ1) is 14.5. The summed E-state index contributed by atoms with van der Waals surface area (Å²) < 4.78 is 5.95. The predicted octanol–water partition coefficient (Wildman–Crippen LogP) is 1.08. The molecule has 1 amide bonds. The van der Waals surface area contributed by atoms with Crippen molar-refractivity contribution in [1.29, 1.82) is 0 Å². The van der Waals surface area contributed by atoms with E-state index in [1.807, 2.05) is 30.3 Å². The molecule has 0 aromatic heterocycles. The second-order valence-electron chi connectivity index (χ2n) is 5.90. The molecule has 2 fully saturated rings. The van der Waals surface area contributed by atoms with Crippen molar-refractivity contribution in [3.63, 3.8) is 0 Å². The Morgan fingerprint density at radius 2 is 2.24 bits per heavy atom. The molecule has 5 heteroatoms. The highest BCUT2D eigenvalue weighted by Crippen LogP contribution is 2.26. The average Bonchev–Trinajstić information content (AvgIpc) is 2.90. The first-order valence-electron chi connectivity index (χ1n) is 7.68. The summed E-state index contributed by atoms with van der Waals surface area (Å²) in [5, 5.41) is 6.33. The van der Waals surface area contributed by atoms with Crippen LogP contribution in [0.3, 0.4) is 0 Å². The maximum atomic E-state index is 12.0.